The first kappa shape index (κ1) is 13.3. The van der Waals surface area contributed by atoms with E-state index in [-0.39, 0.29) is 22.2 Å². The molecule has 0 bridgehead atoms. The van der Waals surface area contributed by atoms with E-state index < -0.39 is 17.3 Å². The number of hydrogen-bond acceptors (Lipinski definition) is 3. The lowest BCUT2D eigenvalue weighted by molar-refractivity contribution is -0.137. The summed E-state index contributed by atoms with van der Waals surface area (Å²) in [5, 5.41) is 6.38. The van der Waals surface area contributed by atoms with Gasteiger partial charge in [0.25, 0.3) is 5.56 Å². The fourth-order valence-corrected chi connectivity index (χ4v) is 2.04. The maximum Gasteiger partial charge on any atom is 0.416 e. The minimum atomic E-state index is -4.44. The topological polar surface area (TPSA) is 58.6 Å². The van der Waals surface area contributed by atoms with Crippen LogP contribution < -0.4 is 5.56 Å². The number of fused-ring (bicyclic) bond motifs is 1. The Bertz CT molecular complexity index is 871. The first-order chi connectivity index (χ1) is 9.97. The highest BCUT2D eigenvalue weighted by atomic mass is 19.4. The van der Waals surface area contributed by atoms with E-state index in [1.54, 1.807) is 12.1 Å². The Balaban J connectivity index is 2.27. The number of rotatable bonds is 1. The second kappa shape index (κ2) is 4.69. The molecule has 21 heavy (non-hydrogen) atoms. The Morgan fingerprint density at radius 3 is 2.67 bits per heavy atom. The highest BCUT2D eigenvalue weighted by Crippen LogP contribution is 2.32. The molecule has 0 saturated heterocycles. The Labute approximate surface area is 116 Å². The third-order valence-corrected chi connectivity index (χ3v) is 3.01. The zero-order valence-corrected chi connectivity index (χ0v) is 10.5. The number of alkyl halides is 3. The highest BCUT2D eigenvalue weighted by Gasteiger charge is 2.30. The van der Waals surface area contributed by atoms with Crippen molar-refractivity contribution in [2.75, 3.05) is 0 Å². The lowest BCUT2D eigenvalue weighted by Gasteiger charge is -2.09. The van der Waals surface area contributed by atoms with Gasteiger partial charge in [0.15, 0.2) is 0 Å². The van der Waals surface area contributed by atoms with Crippen molar-refractivity contribution in [3.8, 4) is 11.3 Å². The minimum absolute atomic E-state index is 0.205. The van der Waals surface area contributed by atoms with Gasteiger partial charge in [-0.2, -0.15) is 18.3 Å². The number of aromatic nitrogens is 3. The van der Waals surface area contributed by atoms with Gasteiger partial charge in [0.1, 0.15) is 11.2 Å². The molecule has 1 N–H and O–H groups in total. The van der Waals surface area contributed by atoms with E-state index in [9.17, 15) is 18.0 Å². The van der Waals surface area contributed by atoms with E-state index in [1.165, 1.54) is 18.3 Å². The van der Waals surface area contributed by atoms with Crippen LogP contribution in [-0.2, 0) is 6.18 Å². The second-order valence-corrected chi connectivity index (χ2v) is 4.38. The van der Waals surface area contributed by atoms with Gasteiger partial charge in [-0.25, -0.2) is 5.10 Å². The normalized spacial score (nSPS) is 11.8. The molecular weight excluding hydrogens is 283 g/mol. The van der Waals surface area contributed by atoms with Crippen LogP contribution in [0.5, 0.6) is 0 Å². The van der Waals surface area contributed by atoms with Crippen LogP contribution in [-0.4, -0.2) is 15.2 Å². The first-order valence-electron chi connectivity index (χ1n) is 5.98. The summed E-state index contributed by atoms with van der Waals surface area (Å²) < 4.78 is 38.3. The molecule has 2 heterocycles. The van der Waals surface area contributed by atoms with Gasteiger partial charge in [-0.05, 0) is 24.3 Å². The maximum atomic E-state index is 12.8. The highest BCUT2D eigenvalue weighted by molar-refractivity contribution is 5.90. The van der Waals surface area contributed by atoms with E-state index in [2.05, 4.69) is 15.2 Å². The molecule has 3 rings (SSSR count). The number of pyridine rings is 1. The zero-order chi connectivity index (χ0) is 15.0. The van der Waals surface area contributed by atoms with E-state index in [0.29, 0.717) is 0 Å². The van der Waals surface area contributed by atoms with Crippen LogP contribution in [0.25, 0.3) is 22.2 Å². The van der Waals surface area contributed by atoms with Crippen molar-refractivity contribution in [3.05, 3.63) is 58.5 Å². The van der Waals surface area contributed by atoms with Crippen LogP contribution in [0.1, 0.15) is 5.56 Å². The number of H-pyrrole nitrogens is 1. The molecule has 0 unspecified atom stereocenters. The molecule has 0 fully saturated rings. The van der Waals surface area contributed by atoms with Crippen LogP contribution in [0.3, 0.4) is 0 Å². The predicted molar refractivity (Wildman–Crippen MR) is 70.6 cm³/mol. The summed E-state index contributed by atoms with van der Waals surface area (Å²) in [6.45, 7) is 0. The van der Waals surface area contributed by atoms with Gasteiger partial charge in [-0.1, -0.05) is 12.1 Å². The van der Waals surface area contributed by atoms with Gasteiger partial charge < -0.3 is 0 Å². The predicted octanol–water partition coefficient (Wildman–Crippen LogP) is 3.00. The molecule has 1 aromatic carbocycles. The van der Waals surface area contributed by atoms with Crippen LogP contribution in [0.2, 0.25) is 0 Å². The first-order valence-corrected chi connectivity index (χ1v) is 5.98. The Morgan fingerprint density at radius 2 is 1.90 bits per heavy atom. The van der Waals surface area contributed by atoms with Gasteiger partial charge in [-0.3, -0.25) is 9.78 Å². The Hall–Kier alpha value is -2.70. The number of nitrogens with one attached hydrogen (secondary N) is 1. The summed E-state index contributed by atoms with van der Waals surface area (Å²) in [5.74, 6) is 0. The maximum absolute atomic E-state index is 12.8. The molecule has 0 aliphatic rings. The summed E-state index contributed by atoms with van der Waals surface area (Å²) in [6, 6.07) is 7.86. The lowest BCUT2D eigenvalue weighted by atomic mass is 10.1. The van der Waals surface area contributed by atoms with Crippen molar-refractivity contribution in [1.82, 2.24) is 15.2 Å². The van der Waals surface area contributed by atoms with E-state index >= 15 is 0 Å². The summed E-state index contributed by atoms with van der Waals surface area (Å²) in [6.07, 6.45) is -2.98. The smallest absolute Gasteiger partial charge is 0.267 e. The van der Waals surface area contributed by atoms with Gasteiger partial charge in [0.05, 0.1) is 10.9 Å². The summed E-state index contributed by atoms with van der Waals surface area (Å²) in [7, 11) is 0. The van der Waals surface area contributed by atoms with Gasteiger partial charge in [-0.15, -0.1) is 0 Å². The van der Waals surface area contributed by atoms with Crippen LogP contribution >= 0.6 is 0 Å². The van der Waals surface area contributed by atoms with Gasteiger partial charge in [0, 0.05) is 11.8 Å². The molecule has 106 valence electrons. The van der Waals surface area contributed by atoms with Crippen LogP contribution in [0.15, 0.2) is 47.4 Å². The van der Waals surface area contributed by atoms with Crippen molar-refractivity contribution in [1.29, 1.82) is 0 Å². The molecule has 4 nitrogen and oxygen atoms in total. The average molecular weight is 291 g/mol. The number of nitrogens with zero attached hydrogens (tertiary/aromatic N) is 2. The fourth-order valence-electron chi connectivity index (χ4n) is 2.04. The van der Waals surface area contributed by atoms with E-state index in [1.807, 2.05) is 0 Å². The third kappa shape index (κ3) is 2.37. The second-order valence-electron chi connectivity index (χ2n) is 4.38. The SMILES string of the molecule is O=c1[nH]nc(-c2cccc(C(F)(F)F)c2)c2ncccc12. The van der Waals surface area contributed by atoms with Crippen molar-refractivity contribution < 1.29 is 13.2 Å². The molecule has 0 spiro atoms. The number of aromatic amines is 1. The minimum Gasteiger partial charge on any atom is -0.267 e. The molecule has 3 aromatic rings. The van der Waals surface area contributed by atoms with Crippen LogP contribution in [0, 0.1) is 0 Å². The number of hydrogen-bond donors (Lipinski definition) is 1. The zero-order valence-electron chi connectivity index (χ0n) is 10.5. The lowest BCUT2D eigenvalue weighted by Crippen LogP contribution is -2.10. The molecule has 0 aliphatic carbocycles. The average Bonchev–Trinajstić information content (AvgIpc) is 2.47. The monoisotopic (exact) mass is 291 g/mol. The summed E-state index contributed by atoms with van der Waals surface area (Å²) in [4.78, 5) is 15.7. The van der Waals surface area contributed by atoms with Crippen molar-refractivity contribution in [2.24, 2.45) is 0 Å². The molecule has 0 aliphatic heterocycles. The largest absolute Gasteiger partial charge is 0.416 e. The third-order valence-electron chi connectivity index (χ3n) is 3.01. The standard InChI is InChI=1S/C14H8F3N3O/c15-14(16,17)9-4-1-3-8(7-9)11-12-10(5-2-6-18-12)13(21)20-19-11/h1-7H,(H,20,21). The molecular formula is C14H8F3N3O. The number of benzene rings is 1. The summed E-state index contributed by atoms with van der Waals surface area (Å²) in [5.41, 5.74) is -0.507. The molecule has 0 atom stereocenters. The molecule has 0 saturated carbocycles. The Morgan fingerprint density at radius 1 is 1.10 bits per heavy atom. The molecule has 7 heteroatoms. The quantitative estimate of drug-likeness (QED) is 0.749. The molecule has 0 radical (unpaired) electrons. The Kier molecular flexibility index (Phi) is 2.97. The van der Waals surface area contributed by atoms with Crippen molar-refractivity contribution in [3.63, 3.8) is 0 Å². The van der Waals surface area contributed by atoms with Crippen LogP contribution in [0.4, 0.5) is 13.2 Å². The summed E-state index contributed by atoms with van der Waals surface area (Å²) >= 11 is 0. The fraction of sp³-hybridized carbons (Fsp3) is 0.0714. The number of halogens is 3. The molecule has 0 amide bonds. The molecule has 2 aromatic heterocycles. The van der Waals surface area contributed by atoms with E-state index in [4.69, 9.17) is 0 Å². The van der Waals surface area contributed by atoms with Gasteiger partial charge in [0.2, 0.25) is 0 Å². The van der Waals surface area contributed by atoms with E-state index in [0.717, 1.165) is 12.1 Å². The van der Waals surface area contributed by atoms with Gasteiger partial charge >= 0.3 is 6.18 Å². The van der Waals surface area contributed by atoms with Crippen molar-refractivity contribution in [2.45, 2.75) is 6.18 Å². The van der Waals surface area contributed by atoms with Crippen molar-refractivity contribution >= 4 is 10.9 Å².